The van der Waals surface area contributed by atoms with E-state index in [1.165, 1.54) is 17.0 Å². The number of piperidine rings is 1. The minimum atomic E-state index is -4.44. The van der Waals surface area contributed by atoms with Crippen molar-refractivity contribution in [3.8, 4) is 0 Å². The van der Waals surface area contributed by atoms with Crippen LogP contribution in [0.2, 0.25) is 0 Å². The van der Waals surface area contributed by atoms with E-state index in [-0.39, 0.29) is 43.3 Å². The van der Waals surface area contributed by atoms with Gasteiger partial charge in [-0.2, -0.15) is 13.2 Å². The highest BCUT2D eigenvalue weighted by Gasteiger charge is 2.37. The molecule has 7 heteroatoms. The fraction of sp³-hybridized carbons (Fsp3) is 0.500. The highest BCUT2D eigenvalue weighted by Crippen LogP contribution is 2.36. The Morgan fingerprint density at radius 2 is 1.95 bits per heavy atom. The molecule has 1 aliphatic heterocycles. The number of carbonyl (C=O) groups excluding carboxylic acids is 1. The van der Waals surface area contributed by atoms with Gasteiger partial charge in [0.2, 0.25) is 5.91 Å². The average Bonchev–Trinajstić information content (AvgIpc) is 2.46. The molecule has 1 amide bonds. The highest BCUT2D eigenvalue weighted by molar-refractivity contribution is 6.27. The summed E-state index contributed by atoms with van der Waals surface area (Å²) in [6.45, 7) is 0.552. The maximum absolute atomic E-state index is 12.7. The molecule has 1 saturated heterocycles. The van der Waals surface area contributed by atoms with Gasteiger partial charge in [0.25, 0.3) is 0 Å². The third kappa shape index (κ3) is 3.49. The lowest BCUT2D eigenvalue weighted by atomic mass is 9.83. The van der Waals surface area contributed by atoms with Crippen molar-refractivity contribution >= 4 is 17.5 Å². The first-order chi connectivity index (χ1) is 9.76. The zero-order valence-electron chi connectivity index (χ0n) is 11.2. The number of likely N-dealkylation sites (tertiary alicyclic amines) is 1. The molecule has 1 fully saturated rings. The van der Waals surface area contributed by atoms with Crippen LogP contribution in [0, 0.1) is 0 Å². The Bertz CT molecular complexity index is 525. The second-order valence-corrected chi connectivity index (χ2v) is 5.39. The number of halogens is 4. The standard InChI is InChI=1S/C14H15ClF3NO2/c15-9-12(20)19-6-4-13(21,5-7-19)10-2-1-3-11(8-10)14(16,17)18/h1-3,8,21H,4-7,9H2. The van der Waals surface area contributed by atoms with Crippen LogP contribution in [0.3, 0.4) is 0 Å². The maximum Gasteiger partial charge on any atom is 0.416 e. The predicted molar refractivity (Wildman–Crippen MR) is 71.9 cm³/mol. The number of nitrogens with zero attached hydrogens (tertiary/aromatic N) is 1. The minimum Gasteiger partial charge on any atom is -0.385 e. The summed E-state index contributed by atoms with van der Waals surface area (Å²) in [5.74, 6) is -0.370. The fourth-order valence-electron chi connectivity index (χ4n) is 2.48. The van der Waals surface area contributed by atoms with Crippen LogP contribution in [0.25, 0.3) is 0 Å². The van der Waals surface area contributed by atoms with Gasteiger partial charge in [0, 0.05) is 13.1 Å². The zero-order valence-corrected chi connectivity index (χ0v) is 11.9. The van der Waals surface area contributed by atoms with E-state index >= 15 is 0 Å². The van der Waals surface area contributed by atoms with Gasteiger partial charge in [-0.05, 0) is 30.5 Å². The fourth-order valence-corrected chi connectivity index (χ4v) is 2.65. The Hall–Kier alpha value is -1.27. The lowest BCUT2D eigenvalue weighted by Gasteiger charge is -2.38. The summed E-state index contributed by atoms with van der Waals surface area (Å²) in [7, 11) is 0. The number of carbonyl (C=O) groups is 1. The van der Waals surface area contributed by atoms with Crippen molar-refractivity contribution in [1.82, 2.24) is 4.90 Å². The van der Waals surface area contributed by atoms with E-state index in [9.17, 15) is 23.1 Å². The summed E-state index contributed by atoms with van der Waals surface area (Å²) in [6.07, 6.45) is -4.06. The van der Waals surface area contributed by atoms with E-state index in [0.717, 1.165) is 12.1 Å². The molecule has 0 saturated carbocycles. The van der Waals surface area contributed by atoms with Crippen LogP contribution >= 0.6 is 11.6 Å². The van der Waals surface area contributed by atoms with Crippen LogP contribution in [0.4, 0.5) is 13.2 Å². The molecule has 1 heterocycles. The highest BCUT2D eigenvalue weighted by atomic mass is 35.5. The van der Waals surface area contributed by atoms with Gasteiger partial charge in [-0.3, -0.25) is 4.79 Å². The molecule has 21 heavy (non-hydrogen) atoms. The molecule has 0 bridgehead atoms. The number of aliphatic hydroxyl groups is 1. The van der Waals surface area contributed by atoms with E-state index < -0.39 is 17.3 Å². The zero-order chi connectivity index (χ0) is 15.7. The molecule has 116 valence electrons. The number of alkyl halides is 4. The monoisotopic (exact) mass is 321 g/mol. The maximum atomic E-state index is 12.7. The third-order valence-corrected chi connectivity index (χ3v) is 4.01. The van der Waals surface area contributed by atoms with Gasteiger partial charge in [0.1, 0.15) is 5.88 Å². The summed E-state index contributed by atoms with van der Waals surface area (Å²) in [4.78, 5) is 13.0. The van der Waals surface area contributed by atoms with E-state index in [1.54, 1.807) is 0 Å². The summed E-state index contributed by atoms with van der Waals surface area (Å²) in [6, 6.07) is 4.71. The first-order valence-electron chi connectivity index (χ1n) is 6.50. The summed E-state index contributed by atoms with van der Waals surface area (Å²) < 4.78 is 38.2. The van der Waals surface area contributed by atoms with Crippen molar-refractivity contribution < 1.29 is 23.1 Å². The molecule has 0 atom stereocenters. The van der Waals surface area contributed by atoms with E-state index in [2.05, 4.69) is 0 Å². The number of benzene rings is 1. The third-order valence-electron chi connectivity index (χ3n) is 3.78. The molecule has 3 nitrogen and oxygen atoms in total. The SMILES string of the molecule is O=C(CCl)N1CCC(O)(c2cccc(C(F)(F)F)c2)CC1. The molecule has 1 aromatic carbocycles. The van der Waals surface area contributed by atoms with Crippen molar-refractivity contribution in [2.45, 2.75) is 24.6 Å². The lowest BCUT2D eigenvalue weighted by molar-refractivity contribution is -0.137. The summed E-state index contributed by atoms with van der Waals surface area (Å²) in [5, 5.41) is 10.6. The van der Waals surface area contributed by atoms with Crippen molar-refractivity contribution in [2.24, 2.45) is 0 Å². The van der Waals surface area contributed by atoms with Gasteiger partial charge in [-0.15, -0.1) is 11.6 Å². The molecule has 0 aromatic heterocycles. The second kappa shape index (κ2) is 5.85. The Labute approximate surface area is 125 Å². The number of amides is 1. The second-order valence-electron chi connectivity index (χ2n) is 5.12. The molecular weight excluding hydrogens is 307 g/mol. The summed E-state index contributed by atoms with van der Waals surface area (Å²) >= 11 is 5.47. The molecule has 0 unspecified atom stereocenters. The molecule has 0 aliphatic carbocycles. The molecule has 1 aromatic rings. The Morgan fingerprint density at radius 1 is 1.33 bits per heavy atom. The Morgan fingerprint density at radius 3 is 2.48 bits per heavy atom. The van der Waals surface area contributed by atoms with Gasteiger partial charge < -0.3 is 10.0 Å². The molecule has 2 rings (SSSR count). The first kappa shape index (κ1) is 16.1. The van der Waals surface area contributed by atoms with Crippen LogP contribution in [0.1, 0.15) is 24.0 Å². The molecule has 0 radical (unpaired) electrons. The van der Waals surface area contributed by atoms with Crippen LogP contribution in [-0.2, 0) is 16.6 Å². The van der Waals surface area contributed by atoms with Gasteiger partial charge in [-0.1, -0.05) is 12.1 Å². The first-order valence-corrected chi connectivity index (χ1v) is 7.03. The van der Waals surface area contributed by atoms with E-state index in [4.69, 9.17) is 11.6 Å². The van der Waals surface area contributed by atoms with Gasteiger partial charge in [0.15, 0.2) is 0 Å². The Balaban J connectivity index is 2.17. The topological polar surface area (TPSA) is 40.5 Å². The Kier molecular flexibility index (Phi) is 4.49. The van der Waals surface area contributed by atoms with Gasteiger partial charge in [0.05, 0.1) is 11.2 Å². The average molecular weight is 322 g/mol. The molecule has 1 aliphatic rings. The normalized spacial score (nSPS) is 18.6. The number of hydrogen-bond acceptors (Lipinski definition) is 2. The van der Waals surface area contributed by atoms with E-state index in [1.807, 2.05) is 0 Å². The van der Waals surface area contributed by atoms with Crippen LogP contribution in [0.5, 0.6) is 0 Å². The quantitative estimate of drug-likeness (QED) is 0.851. The number of hydrogen-bond donors (Lipinski definition) is 1. The summed E-state index contributed by atoms with van der Waals surface area (Å²) in [5.41, 5.74) is -1.90. The van der Waals surface area contributed by atoms with Gasteiger partial charge >= 0.3 is 6.18 Å². The van der Waals surface area contributed by atoms with Crippen molar-refractivity contribution in [1.29, 1.82) is 0 Å². The van der Waals surface area contributed by atoms with Crippen molar-refractivity contribution in [3.63, 3.8) is 0 Å². The van der Waals surface area contributed by atoms with E-state index in [0.29, 0.717) is 0 Å². The van der Waals surface area contributed by atoms with Crippen molar-refractivity contribution in [3.05, 3.63) is 35.4 Å². The van der Waals surface area contributed by atoms with Crippen LogP contribution in [-0.4, -0.2) is 34.9 Å². The van der Waals surface area contributed by atoms with Crippen molar-refractivity contribution in [2.75, 3.05) is 19.0 Å². The number of rotatable bonds is 2. The molecule has 1 N–H and O–H groups in total. The molecule has 0 spiro atoms. The lowest BCUT2D eigenvalue weighted by Crippen LogP contribution is -2.45. The largest absolute Gasteiger partial charge is 0.416 e. The molecular formula is C14H15ClF3NO2. The van der Waals surface area contributed by atoms with Crippen LogP contribution in [0.15, 0.2) is 24.3 Å². The predicted octanol–water partition coefficient (Wildman–Crippen LogP) is 2.75. The van der Waals surface area contributed by atoms with Crippen LogP contribution < -0.4 is 0 Å². The minimum absolute atomic E-state index is 0.137. The van der Waals surface area contributed by atoms with Gasteiger partial charge in [-0.25, -0.2) is 0 Å². The smallest absolute Gasteiger partial charge is 0.385 e.